The predicted octanol–water partition coefficient (Wildman–Crippen LogP) is 2.75. The number of hydrogen-bond acceptors (Lipinski definition) is 4. The molecule has 1 unspecified atom stereocenters. The Balaban J connectivity index is 1.63. The van der Waals surface area contributed by atoms with E-state index in [2.05, 4.69) is 0 Å². The molecular weight excluding hydrogens is 216 g/mol. The fourth-order valence-electron chi connectivity index (χ4n) is 1.92. The zero-order valence-corrected chi connectivity index (χ0v) is 9.87. The molecule has 0 aromatic carbocycles. The molecule has 2 nitrogen and oxygen atoms in total. The molecule has 2 rings (SSSR count). The van der Waals surface area contributed by atoms with Gasteiger partial charge in [0.2, 0.25) is 4.38 Å². The summed E-state index contributed by atoms with van der Waals surface area (Å²) in [6.45, 7) is 0.720. The zero-order chi connectivity index (χ0) is 9.80. The third kappa shape index (κ3) is 3.11. The first-order chi connectivity index (χ1) is 6.84. The van der Waals surface area contributed by atoms with Crippen LogP contribution in [0.2, 0.25) is 0 Å². The Labute approximate surface area is 94.7 Å². The van der Waals surface area contributed by atoms with Gasteiger partial charge < -0.3 is 9.47 Å². The number of thioether (sulfide) groups is 1. The molecule has 0 radical (unpaired) electrons. The lowest BCUT2D eigenvalue weighted by Crippen LogP contribution is -2.24. The van der Waals surface area contributed by atoms with Crippen molar-refractivity contribution in [1.29, 1.82) is 0 Å². The Kier molecular flexibility index (Phi) is 4.08. The first kappa shape index (κ1) is 10.7. The van der Waals surface area contributed by atoms with Crippen LogP contribution in [0.25, 0.3) is 0 Å². The molecule has 1 atom stereocenters. The second-order valence-electron chi connectivity index (χ2n) is 3.89. The van der Waals surface area contributed by atoms with Crippen molar-refractivity contribution >= 4 is 28.4 Å². The third-order valence-electron chi connectivity index (χ3n) is 2.72. The van der Waals surface area contributed by atoms with Crippen LogP contribution >= 0.6 is 24.0 Å². The van der Waals surface area contributed by atoms with Gasteiger partial charge in [0.1, 0.15) is 6.10 Å². The van der Waals surface area contributed by atoms with E-state index in [1.807, 2.05) is 0 Å². The summed E-state index contributed by atoms with van der Waals surface area (Å²) in [4.78, 5) is 0. The molecular formula is C10H16O2S2. The van der Waals surface area contributed by atoms with E-state index in [0.717, 1.165) is 12.4 Å². The van der Waals surface area contributed by atoms with Crippen molar-refractivity contribution in [2.75, 3.05) is 12.4 Å². The smallest absolute Gasteiger partial charge is 0.220 e. The van der Waals surface area contributed by atoms with Crippen LogP contribution in [0.5, 0.6) is 0 Å². The second-order valence-corrected chi connectivity index (χ2v) is 5.52. The average molecular weight is 232 g/mol. The van der Waals surface area contributed by atoms with Crippen molar-refractivity contribution in [2.45, 2.75) is 44.3 Å². The molecule has 1 aliphatic heterocycles. The number of rotatable bonds is 3. The maximum atomic E-state index is 5.82. The highest BCUT2D eigenvalue weighted by atomic mass is 32.2. The standard InChI is InChI=1S/C10H16O2S2/c13-10-12-9(7-14-10)6-11-8-4-2-1-3-5-8/h8-9H,1-7H2. The van der Waals surface area contributed by atoms with E-state index in [4.69, 9.17) is 21.7 Å². The summed E-state index contributed by atoms with van der Waals surface area (Å²) >= 11 is 6.57. The van der Waals surface area contributed by atoms with Gasteiger partial charge >= 0.3 is 0 Å². The van der Waals surface area contributed by atoms with Gasteiger partial charge in [-0.2, -0.15) is 0 Å². The first-order valence-electron chi connectivity index (χ1n) is 5.29. The van der Waals surface area contributed by atoms with Gasteiger partial charge in [-0.3, -0.25) is 0 Å². The van der Waals surface area contributed by atoms with Gasteiger partial charge in [0, 0.05) is 5.75 Å². The molecule has 80 valence electrons. The lowest BCUT2D eigenvalue weighted by Gasteiger charge is -2.23. The van der Waals surface area contributed by atoms with Gasteiger partial charge in [-0.05, 0) is 25.1 Å². The predicted molar refractivity (Wildman–Crippen MR) is 62.8 cm³/mol. The molecule has 2 aliphatic rings. The van der Waals surface area contributed by atoms with Crippen LogP contribution in [0.4, 0.5) is 0 Å². The number of ether oxygens (including phenoxy) is 2. The van der Waals surface area contributed by atoms with Gasteiger partial charge in [0.15, 0.2) is 0 Å². The van der Waals surface area contributed by atoms with Crippen LogP contribution in [-0.4, -0.2) is 29.0 Å². The summed E-state index contributed by atoms with van der Waals surface area (Å²) in [7, 11) is 0. The minimum absolute atomic E-state index is 0.203. The Bertz CT molecular complexity index is 202. The molecule has 1 aliphatic carbocycles. The van der Waals surface area contributed by atoms with Crippen molar-refractivity contribution in [3.63, 3.8) is 0 Å². The van der Waals surface area contributed by atoms with Crippen LogP contribution in [0.1, 0.15) is 32.1 Å². The topological polar surface area (TPSA) is 18.5 Å². The number of thiocarbonyl (C=S) groups is 1. The molecule has 0 N–H and O–H groups in total. The highest BCUT2D eigenvalue weighted by Gasteiger charge is 2.23. The maximum absolute atomic E-state index is 5.82. The molecule has 1 saturated heterocycles. The van der Waals surface area contributed by atoms with E-state index in [0.29, 0.717) is 10.5 Å². The van der Waals surface area contributed by atoms with E-state index >= 15 is 0 Å². The van der Waals surface area contributed by atoms with Gasteiger partial charge in [0.05, 0.1) is 12.7 Å². The fraction of sp³-hybridized carbons (Fsp3) is 0.900. The van der Waals surface area contributed by atoms with Crippen LogP contribution < -0.4 is 0 Å². The van der Waals surface area contributed by atoms with Gasteiger partial charge in [-0.15, -0.1) is 0 Å². The third-order valence-corrected chi connectivity index (χ3v) is 4.04. The monoisotopic (exact) mass is 232 g/mol. The maximum Gasteiger partial charge on any atom is 0.220 e. The van der Waals surface area contributed by atoms with Crippen molar-refractivity contribution < 1.29 is 9.47 Å². The highest BCUT2D eigenvalue weighted by Crippen LogP contribution is 2.23. The van der Waals surface area contributed by atoms with Gasteiger partial charge in [-0.25, -0.2) is 0 Å². The normalized spacial score (nSPS) is 29.1. The fourth-order valence-corrected chi connectivity index (χ4v) is 2.95. The summed E-state index contributed by atoms with van der Waals surface area (Å²) in [5.41, 5.74) is 0. The average Bonchev–Trinajstić information content (AvgIpc) is 2.63. The van der Waals surface area contributed by atoms with Crippen molar-refractivity contribution in [1.82, 2.24) is 0 Å². The van der Waals surface area contributed by atoms with E-state index in [1.54, 1.807) is 11.8 Å². The largest absolute Gasteiger partial charge is 0.472 e. The van der Waals surface area contributed by atoms with E-state index in [-0.39, 0.29) is 6.10 Å². The molecule has 0 aromatic rings. The Morgan fingerprint density at radius 1 is 1.36 bits per heavy atom. The lowest BCUT2D eigenvalue weighted by molar-refractivity contribution is -0.00905. The highest BCUT2D eigenvalue weighted by molar-refractivity contribution is 8.22. The molecule has 1 saturated carbocycles. The van der Waals surface area contributed by atoms with Crippen LogP contribution in [0, 0.1) is 0 Å². The first-order valence-corrected chi connectivity index (χ1v) is 6.69. The van der Waals surface area contributed by atoms with E-state index < -0.39 is 0 Å². The molecule has 0 aromatic heterocycles. The Hall–Kier alpha value is 0.200. The molecule has 1 heterocycles. The van der Waals surface area contributed by atoms with E-state index in [1.165, 1.54) is 32.1 Å². The van der Waals surface area contributed by atoms with Crippen molar-refractivity contribution in [3.8, 4) is 0 Å². The summed E-state index contributed by atoms with van der Waals surface area (Å²) in [6, 6.07) is 0. The SMILES string of the molecule is S=C1OC(COC2CCCCC2)CS1. The molecule has 0 bridgehead atoms. The summed E-state index contributed by atoms with van der Waals surface area (Å²) in [5, 5.41) is 0. The van der Waals surface area contributed by atoms with Gasteiger partial charge in [-0.1, -0.05) is 31.0 Å². The minimum atomic E-state index is 0.203. The second kappa shape index (κ2) is 5.33. The van der Waals surface area contributed by atoms with Crippen LogP contribution in [0.15, 0.2) is 0 Å². The van der Waals surface area contributed by atoms with Crippen LogP contribution in [-0.2, 0) is 9.47 Å². The zero-order valence-electron chi connectivity index (χ0n) is 8.24. The lowest BCUT2D eigenvalue weighted by atomic mass is 9.98. The molecule has 0 amide bonds. The molecule has 0 spiro atoms. The van der Waals surface area contributed by atoms with Crippen LogP contribution in [0.3, 0.4) is 0 Å². The summed E-state index contributed by atoms with van der Waals surface area (Å²) in [6.07, 6.45) is 7.15. The van der Waals surface area contributed by atoms with Gasteiger partial charge in [0.25, 0.3) is 0 Å². The van der Waals surface area contributed by atoms with Crippen molar-refractivity contribution in [3.05, 3.63) is 0 Å². The summed E-state index contributed by atoms with van der Waals surface area (Å²) < 4.78 is 11.9. The molecule has 2 fully saturated rings. The summed E-state index contributed by atoms with van der Waals surface area (Å²) in [5.74, 6) is 0.964. The minimum Gasteiger partial charge on any atom is -0.472 e. The molecule has 4 heteroatoms. The number of hydrogen-bond donors (Lipinski definition) is 0. The Morgan fingerprint density at radius 3 is 2.79 bits per heavy atom. The Morgan fingerprint density at radius 2 is 2.14 bits per heavy atom. The van der Waals surface area contributed by atoms with Crippen molar-refractivity contribution in [2.24, 2.45) is 0 Å². The molecule has 14 heavy (non-hydrogen) atoms. The quantitative estimate of drug-likeness (QED) is 0.696. The van der Waals surface area contributed by atoms with E-state index in [9.17, 15) is 0 Å².